The molecule has 0 atom stereocenters. The molecule has 0 radical (unpaired) electrons. The number of unbranched alkanes of at least 4 members (excludes halogenated alkanes) is 1. The Morgan fingerprint density at radius 2 is 1.75 bits per heavy atom. The maximum atomic E-state index is 12.6. The number of benzene rings is 2. The van der Waals surface area contributed by atoms with Crippen LogP contribution in [0.3, 0.4) is 0 Å². The van der Waals surface area contributed by atoms with E-state index < -0.39 is 5.97 Å². The van der Waals surface area contributed by atoms with Gasteiger partial charge in [0.25, 0.3) is 5.91 Å². The largest absolute Gasteiger partial charge is 0.484 e. The molecule has 3 rings (SSSR count). The van der Waals surface area contributed by atoms with Gasteiger partial charge >= 0.3 is 5.97 Å². The highest BCUT2D eigenvalue weighted by Gasteiger charge is 2.25. The summed E-state index contributed by atoms with van der Waals surface area (Å²) in [4.78, 5) is 26.1. The predicted octanol–water partition coefficient (Wildman–Crippen LogP) is 6.63. The molecular formula is C25H26BrNO4S. The van der Waals surface area contributed by atoms with Crippen molar-refractivity contribution in [2.75, 3.05) is 19.0 Å². The van der Waals surface area contributed by atoms with Crippen LogP contribution in [0.2, 0.25) is 0 Å². The standard InChI is InChI=1S/C25H26BrNO4S/c1-4-5-6-17-7-9-18(10-8-17)22-16(2)32-24(23(22)25(29)30-3)27-21(28)15-31-20-13-11-19(26)12-14-20/h7-14H,4-6,15H2,1-3H3,(H,27,28). The third-order valence-electron chi connectivity index (χ3n) is 4.97. The Kier molecular flexibility index (Phi) is 8.47. The lowest BCUT2D eigenvalue weighted by atomic mass is 9.99. The van der Waals surface area contributed by atoms with Gasteiger partial charge in [0.15, 0.2) is 6.61 Å². The first kappa shape index (κ1) is 24.0. The average Bonchev–Trinajstić information content (AvgIpc) is 3.12. The second-order valence-corrected chi connectivity index (χ2v) is 9.46. The molecule has 0 spiro atoms. The number of thiophene rings is 1. The Hall–Kier alpha value is -2.64. The molecule has 1 amide bonds. The molecule has 0 unspecified atom stereocenters. The van der Waals surface area contributed by atoms with Gasteiger partial charge in [-0.2, -0.15) is 0 Å². The first-order valence-corrected chi connectivity index (χ1v) is 12.0. The smallest absolute Gasteiger partial charge is 0.341 e. The van der Waals surface area contributed by atoms with Crippen LogP contribution in [0.1, 0.15) is 40.6 Å². The van der Waals surface area contributed by atoms with E-state index in [0.717, 1.165) is 39.7 Å². The highest BCUT2D eigenvalue weighted by atomic mass is 79.9. The van der Waals surface area contributed by atoms with Crippen molar-refractivity contribution < 1.29 is 19.1 Å². The van der Waals surface area contributed by atoms with E-state index in [1.54, 1.807) is 12.1 Å². The van der Waals surface area contributed by atoms with E-state index in [-0.39, 0.29) is 12.5 Å². The van der Waals surface area contributed by atoms with Gasteiger partial charge in [0.05, 0.1) is 7.11 Å². The van der Waals surface area contributed by atoms with E-state index in [1.165, 1.54) is 24.0 Å². The first-order chi connectivity index (χ1) is 15.4. The van der Waals surface area contributed by atoms with Gasteiger partial charge in [0.1, 0.15) is 16.3 Å². The van der Waals surface area contributed by atoms with E-state index in [1.807, 2.05) is 31.2 Å². The maximum Gasteiger partial charge on any atom is 0.341 e. The molecule has 0 saturated heterocycles. The van der Waals surface area contributed by atoms with Crippen molar-refractivity contribution in [3.05, 3.63) is 69.0 Å². The Balaban J connectivity index is 1.81. The summed E-state index contributed by atoms with van der Waals surface area (Å²) in [5.74, 6) is -0.243. The molecule has 0 bridgehead atoms. The third-order valence-corrected chi connectivity index (χ3v) is 6.52. The summed E-state index contributed by atoms with van der Waals surface area (Å²) >= 11 is 4.72. The van der Waals surface area contributed by atoms with Gasteiger partial charge in [-0.3, -0.25) is 4.79 Å². The van der Waals surface area contributed by atoms with Gasteiger partial charge in [-0.15, -0.1) is 11.3 Å². The van der Waals surface area contributed by atoms with E-state index in [9.17, 15) is 9.59 Å². The number of hydrogen-bond acceptors (Lipinski definition) is 5. The molecule has 5 nitrogen and oxygen atoms in total. The molecule has 0 aliphatic rings. The SMILES string of the molecule is CCCCc1ccc(-c2c(C)sc(NC(=O)COc3ccc(Br)cc3)c2C(=O)OC)cc1. The summed E-state index contributed by atoms with van der Waals surface area (Å²) in [5, 5.41) is 3.28. The highest BCUT2D eigenvalue weighted by Crippen LogP contribution is 2.40. The summed E-state index contributed by atoms with van der Waals surface area (Å²) in [5.41, 5.74) is 3.34. The molecule has 1 N–H and O–H groups in total. The molecule has 0 aliphatic heterocycles. The minimum atomic E-state index is -0.483. The van der Waals surface area contributed by atoms with E-state index >= 15 is 0 Å². The second kappa shape index (κ2) is 11.3. The second-order valence-electron chi connectivity index (χ2n) is 7.32. The average molecular weight is 516 g/mol. The molecule has 1 aromatic heterocycles. The highest BCUT2D eigenvalue weighted by molar-refractivity contribution is 9.10. The van der Waals surface area contributed by atoms with E-state index in [2.05, 4.69) is 40.3 Å². The maximum absolute atomic E-state index is 12.6. The minimum absolute atomic E-state index is 0.166. The van der Waals surface area contributed by atoms with Gasteiger partial charge in [-0.05, 0) is 55.2 Å². The van der Waals surface area contributed by atoms with Gasteiger partial charge in [-0.1, -0.05) is 53.5 Å². The molecular weight excluding hydrogens is 490 g/mol. The zero-order valence-corrected chi connectivity index (χ0v) is 20.8. The van der Waals surface area contributed by atoms with Gasteiger partial charge in [0, 0.05) is 14.9 Å². The summed E-state index contributed by atoms with van der Waals surface area (Å²) < 4.78 is 11.5. The lowest BCUT2D eigenvalue weighted by Crippen LogP contribution is -2.21. The summed E-state index contributed by atoms with van der Waals surface area (Å²) in [7, 11) is 1.34. The monoisotopic (exact) mass is 515 g/mol. The number of rotatable bonds is 9. The zero-order valence-electron chi connectivity index (χ0n) is 18.4. The molecule has 2 aromatic carbocycles. The van der Waals surface area contributed by atoms with Crippen LogP contribution in [0.4, 0.5) is 5.00 Å². The summed E-state index contributed by atoms with van der Waals surface area (Å²) in [6.07, 6.45) is 3.32. The number of anilines is 1. The molecule has 1 heterocycles. The summed E-state index contributed by atoms with van der Waals surface area (Å²) in [6.45, 7) is 3.94. The van der Waals surface area contributed by atoms with Crippen molar-refractivity contribution in [3.63, 3.8) is 0 Å². The molecule has 0 saturated carbocycles. The van der Waals surface area contributed by atoms with Crippen LogP contribution in [-0.2, 0) is 16.0 Å². The van der Waals surface area contributed by atoms with Crippen LogP contribution in [0.5, 0.6) is 5.75 Å². The lowest BCUT2D eigenvalue weighted by Gasteiger charge is -2.10. The van der Waals surface area contributed by atoms with Gasteiger partial charge in [0.2, 0.25) is 0 Å². The van der Waals surface area contributed by atoms with Crippen LogP contribution in [0.15, 0.2) is 53.0 Å². The number of aryl methyl sites for hydroxylation is 2. The van der Waals surface area contributed by atoms with Crippen molar-refractivity contribution in [2.24, 2.45) is 0 Å². The molecule has 3 aromatic rings. The fraction of sp³-hybridized carbons (Fsp3) is 0.280. The Labute approximate surface area is 200 Å². The third kappa shape index (κ3) is 5.99. The topological polar surface area (TPSA) is 64.6 Å². The van der Waals surface area contributed by atoms with Crippen molar-refractivity contribution in [1.82, 2.24) is 0 Å². The predicted molar refractivity (Wildman–Crippen MR) is 133 cm³/mol. The minimum Gasteiger partial charge on any atom is -0.484 e. The lowest BCUT2D eigenvalue weighted by molar-refractivity contribution is -0.118. The van der Waals surface area contributed by atoms with Gasteiger partial charge in [-0.25, -0.2) is 4.79 Å². The van der Waals surface area contributed by atoms with Gasteiger partial charge < -0.3 is 14.8 Å². The molecule has 7 heteroatoms. The van der Waals surface area contributed by atoms with E-state index in [4.69, 9.17) is 9.47 Å². The zero-order chi connectivity index (χ0) is 23.1. The Morgan fingerprint density at radius 1 is 1.06 bits per heavy atom. The van der Waals surface area contributed by atoms with Crippen molar-refractivity contribution in [2.45, 2.75) is 33.1 Å². The van der Waals surface area contributed by atoms with Crippen LogP contribution >= 0.6 is 27.3 Å². The normalized spacial score (nSPS) is 10.6. The fourth-order valence-corrected chi connectivity index (χ4v) is 4.68. The fourth-order valence-electron chi connectivity index (χ4n) is 3.34. The molecule has 0 aliphatic carbocycles. The number of carbonyl (C=O) groups excluding carboxylic acids is 2. The van der Waals surface area contributed by atoms with Crippen LogP contribution in [0.25, 0.3) is 11.1 Å². The number of carbonyl (C=O) groups is 2. The number of esters is 1. The number of nitrogens with one attached hydrogen (secondary N) is 1. The summed E-state index contributed by atoms with van der Waals surface area (Å²) in [6, 6.07) is 15.4. The number of amides is 1. The van der Waals surface area contributed by atoms with Crippen LogP contribution in [-0.4, -0.2) is 25.6 Å². The molecule has 32 heavy (non-hydrogen) atoms. The first-order valence-electron chi connectivity index (χ1n) is 10.4. The van der Waals surface area contributed by atoms with Crippen LogP contribution in [0, 0.1) is 6.92 Å². The quantitative estimate of drug-likeness (QED) is 0.324. The number of ether oxygens (including phenoxy) is 2. The van der Waals surface area contributed by atoms with Crippen molar-refractivity contribution >= 4 is 44.1 Å². The molecule has 168 valence electrons. The van der Waals surface area contributed by atoms with E-state index in [0.29, 0.717) is 16.3 Å². The number of methoxy groups -OCH3 is 1. The molecule has 0 fully saturated rings. The number of hydrogen-bond donors (Lipinski definition) is 1. The van der Waals surface area contributed by atoms with Crippen LogP contribution < -0.4 is 10.1 Å². The van der Waals surface area contributed by atoms with Crippen molar-refractivity contribution in [3.8, 4) is 16.9 Å². The van der Waals surface area contributed by atoms with Crippen molar-refractivity contribution in [1.29, 1.82) is 0 Å². The number of halogens is 1. The Bertz CT molecular complexity index is 1070. The Morgan fingerprint density at radius 3 is 2.38 bits per heavy atom.